The van der Waals surface area contributed by atoms with Crippen molar-refractivity contribution >= 4 is 36.1 Å². The summed E-state index contributed by atoms with van der Waals surface area (Å²) >= 11 is 8.82. The van der Waals surface area contributed by atoms with Gasteiger partial charge in [0.05, 0.1) is 0 Å². The first-order valence-electron chi connectivity index (χ1n) is 3.49. The molecule has 2 nitrogen and oxygen atoms in total. The van der Waals surface area contributed by atoms with E-state index in [2.05, 4.69) is 15.9 Å². The third kappa shape index (κ3) is 5.19. The normalized spacial score (nSPS) is 16.4. The zero-order chi connectivity index (χ0) is 8.74. The molecular weight excluding hydrogens is 248 g/mol. The maximum atomic E-state index is 5.46. The van der Waals surface area contributed by atoms with E-state index in [4.69, 9.17) is 20.5 Å². The van der Waals surface area contributed by atoms with E-state index in [0.29, 0.717) is 0 Å². The van der Waals surface area contributed by atoms with Crippen molar-refractivity contribution in [2.75, 3.05) is 18.5 Å². The monoisotopic (exact) mass is 260 g/mol. The smallest absolute Gasteiger partial charge is 0.335 e. The standard InChI is InChI=1S/C6H14BrClO2Si/c1-9-11(2,10-6-8)5-3-4-7/h3-6H2,1-2H3. The number of rotatable bonds is 6. The summed E-state index contributed by atoms with van der Waals surface area (Å²) in [6, 6.07) is 1.22. The van der Waals surface area contributed by atoms with Gasteiger partial charge >= 0.3 is 8.56 Å². The molecule has 0 fully saturated rings. The van der Waals surface area contributed by atoms with Crippen LogP contribution >= 0.6 is 27.5 Å². The van der Waals surface area contributed by atoms with Crippen molar-refractivity contribution in [3.63, 3.8) is 0 Å². The van der Waals surface area contributed by atoms with Crippen LogP contribution in [0, 0.1) is 0 Å². The molecule has 0 rings (SSSR count). The Labute approximate surface area is 82.6 Å². The minimum atomic E-state index is -1.91. The fourth-order valence-corrected chi connectivity index (χ4v) is 3.74. The summed E-state index contributed by atoms with van der Waals surface area (Å²) in [5.41, 5.74) is 0. The van der Waals surface area contributed by atoms with Crippen LogP contribution < -0.4 is 0 Å². The van der Waals surface area contributed by atoms with E-state index in [9.17, 15) is 0 Å². The fraction of sp³-hybridized carbons (Fsp3) is 1.00. The van der Waals surface area contributed by atoms with Gasteiger partial charge in [-0.3, -0.25) is 0 Å². The van der Waals surface area contributed by atoms with E-state index in [-0.39, 0.29) is 6.07 Å². The number of hydrogen-bond acceptors (Lipinski definition) is 2. The molecule has 0 bridgehead atoms. The first kappa shape index (κ1) is 11.9. The molecule has 0 aromatic rings. The molecule has 1 unspecified atom stereocenters. The van der Waals surface area contributed by atoms with Gasteiger partial charge in [-0.05, 0) is 19.0 Å². The van der Waals surface area contributed by atoms with Crippen molar-refractivity contribution < 1.29 is 8.85 Å². The third-order valence-corrected chi connectivity index (χ3v) is 5.29. The average molecular weight is 262 g/mol. The first-order chi connectivity index (χ1) is 5.18. The van der Waals surface area contributed by atoms with Crippen molar-refractivity contribution in [2.24, 2.45) is 0 Å². The molecule has 0 aliphatic carbocycles. The number of hydrogen-bond donors (Lipinski definition) is 0. The molecule has 0 saturated carbocycles. The van der Waals surface area contributed by atoms with Crippen LogP contribution in [0.3, 0.4) is 0 Å². The largest absolute Gasteiger partial charge is 0.398 e. The Balaban J connectivity index is 3.68. The summed E-state index contributed by atoms with van der Waals surface area (Å²) in [6.45, 7) is 2.03. The highest BCUT2D eigenvalue weighted by Gasteiger charge is 2.28. The molecular formula is C6H14BrClO2Si. The second-order valence-electron chi connectivity index (χ2n) is 2.38. The van der Waals surface area contributed by atoms with Crippen LogP contribution in [0.25, 0.3) is 0 Å². The lowest BCUT2D eigenvalue weighted by atomic mass is 10.6. The summed E-state index contributed by atoms with van der Waals surface area (Å²) in [5, 5.41) is 0.991. The van der Waals surface area contributed by atoms with Crippen molar-refractivity contribution in [1.82, 2.24) is 0 Å². The molecule has 0 amide bonds. The predicted molar refractivity (Wildman–Crippen MR) is 53.7 cm³/mol. The van der Waals surface area contributed by atoms with Crippen LogP contribution in [0.15, 0.2) is 0 Å². The second-order valence-corrected chi connectivity index (χ2v) is 6.86. The van der Waals surface area contributed by atoms with Crippen molar-refractivity contribution in [1.29, 1.82) is 0 Å². The molecule has 0 heterocycles. The quantitative estimate of drug-likeness (QED) is 0.541. The van der Waals surface area contributed by atoms with Crippen LogP contribution in [0.1, 0.15) is 6.42 Å². The molecule has 0 aliphatic heterocycles. The Kier molecular flexibility index (Phi) is 6.96. The Morgan fingerprint density at radius 3 is 2.55 bits per heavy atom. The molecule has 0 radical (unpaired) electrons. The van der Waals surface area contributed by atoms with E-state index in [1.807, 2.05) is 6.55 Å². The molecule has 0 aromatic carbocycles. The summed E-state index contributed by atoms with van der Waals surface area (Å²) in [7, 11) is -0.219. The molecule has 0 saturated heterocycles. The number of alkyl halides is 2. The summed E-state index contributed by atoms with van der Waals surface area (Å²) in [4.78, 5) is 0. The van der Waals surface area contributed by atoms with E-state index in [1.54, 1.807) is 7.11 Å². The lowest BCUT2D eigenvalue weighted by Gasteiger charge is -2.23. The predicted octanol–water partition coefficient (Wildman–Crippen LogP) is 2.70. The van der Waals surface area contributed by atoms with Gasteiger partial charge in [-0.1, -0.05) is 27.5 Å². The van der Waals surface area contributed by atoms with E-state index in [1.165, 1.54) is 0 Å². The molecule has 1 atom stereocenters. The van der Waals surface area contributed by atoms with Gasteiger partial charge in [-0.15, -0.1) is 0 Å². The van der Waals surface area contributed by atoms with Gasteiger partial charge in [0.2, 0.25) is 0 Å². The Morgan fingerprint density at radius 1 is 1.55 bits per heavy atom. The van der Waals surface area contributed by atoms with Gasteiger partial charge in [-0.2, -0.15) is 0 Å². The van der Waals surface area contributed by atoms with E-state index >= 15 is 0 Å². The molecule has 68 valence electrons. The molecule has 11 heavy (non-hydrogen) atoms. The van der Waals surface area contributed by atoms with Crippen LogP contribution in [0.5, 0.6) is 0 Å². The fourth-order valence-electron chi connectivity index (χ4n) is 0.736. The SMILES string of the molecule is CO[Si](C)(CCCBr)OCCl. The van der Waals surface area contributed by atoms with Crippen LogP contribution in [-0.4, -0.2) is 27.1 Å². The molecule has 0 aromatic heterocycles. The maximum absolute atomic E-state index is 5.46. The van der Waals surface area contributed by atoms with Gasteiger partial charge in [-0.25, -0.2) is 0 Å². The van der Waals surface area contributed by atoms with Crippen LogP contribution in [-0.2, 0) is 8.85 Å². The summed E-state index contributed by atoms with van der Waals surface area (Å²) in [6.07, 6.45) is 1.08. The summed E-state index contributed by atoms with van der Waals surface area (Å²) < 4.78 is 10.6. The average Bonchev–Trinajstić information content (AvgIpc) is 2.02. The number of halogens is 2. The Bertz CT molecular complexity index is 107. The zero-order valence-electron chi connectivity index (χ0n) is 6.90. The van der Waals surface area contributed by atoms with Gasteiger partial charge in [0.15, 0.2) is 0 Å². The third-order valence-electron chi connectivity index (χ3n) is 1.56. The summed E-state index contributed by atoms with van der Waals surface area (Å²) in [5.74, 6) is 0. The Hall–Kier alpha value is 0.907. The lowest BCUT2D eigenvalue weighted by molar-refractivity contribution is 0.237. The van der Waals surface area contributed by atoms with E-state index < -0.39 is 8.56 Å². The van der Waals surface area contributed by atoms with Gasteiger partial charge in [0.25, 0.3) is 0 Å². The molecule has 0 spiro atoms. The molecule has 5 heteroatoms. The highest BCUT2D eigenvalue weighted by atomic mass is 79.9. The highest BCUT2D eigenvalue weighted by molar-refractivity contribution is 9.09. The van der Waals surface area contributed by atoms with Gasteiger partial charge < -0.3 is 8.85 Å². The van der Waals surface area contributed by atoms with Crippen LogP contribution in [0.4, 0.5) is 0 Å². The highest BCUT2D eigenvalue weighted by Crippen LogP contribution is 2.15. The van der Waals surface area contributed by atoms with Crippen molar-refractivity contribution in [3.8, 4) is 0 Å². The van der Waals surface area contributed by atoms with Crippen LogP contribution in [0.2, 0.25) is 12.6 Å². The molecule has 0 aliphatic rings. The maximum Gasteiger partial charge on any atom is 0.335 e. The minimum absolute atomic E-state index is 0.235. The topological polar surface area (TPSA) is 18.5 Å². The molecule has 0 N–H and O–H groups in total. The van der Waals surface area contributed by atoms with Gasteiger partial charge in [0, 0.05) is 12.4 Å². The van der Waals surface area contributed by atoms with Gasteiger partial charge in [0.1, 0.15) is 6.07 Å². The lowest BCUT2D eigenvalue weighted by Crippen LogP contribution is -2.36. The first-order valence-corrected chi connectivity index (χ1v) is 7.67. The zero-order valence-corrected chi connectivity index (χ0v) is 10.2. The second kappa shape index (κ2) is 6.43. The minimum Gasteiger partial charge on any atom is -0.398 e. The van der Waals surface area contributed by atoms with Crippen molar-refractivity contribution in [3.05, 3.63) is 0 Å². The van der Waals surface area contributed by atoms with E-state index in [0.717, 1.165) is 17.8 Å². The Morgan fingerprint density at radius 2 is 2.18 bits per heavy atom. The van der Waals surface area contributed by atoms with Crippen molar-refractivity contribution in [2.45, 2.75) is 19.0 Å².